The normalized spacial score (nSPS) is 12.5. The van der Waals surface area contributed by atoms with E-state index in [1.165, 1.54) is 67.0 Å². The Hall–Kier alpha value is -4.04. The molecule has 0 atom stereocenters. The fourth-order valence-electron chi connectivity index (χ4n) is 7.40. The second-order valence-corrected chi connectivity index (χ2v) is 19.2. The standard InChI is InChI=1S/C52H61N2.Ir/c1-15-52(13,14)46-33-53-48(54(46)47-34(2)27-45(28-35(47)3)51(10,11)12)39-18-16-17-38(29-39)42-31-40(36-19-23-43(24-20-36)49(4,5)6)30-41(32-42)37-21-25-44(26-22-37)50(7,8)9;/h16-17,19-33H,15H2,1-14H3;/q-1;. The Bertz CT molecular complexity index is 2180. The van der Waals surface area contributed by atoms with Gasteiger partial charge in [-0.3, -0.25) is 4.98 Å². The number of imidazole rings is 1. The number of rotatable bonds is 7. The number of aromatic nitrogens is 2. The molecule has 1 aromatic heterocycles. The molecule has 55 heavy (non-hydrogen) atoms. The third-order valence-corrected chi connectivity index (χ3v) is 11.4. The van der Waals surface area contributed by atoms with Crippen LogP contribution in [0, 0.1) is 19.9 Å². The van der Waals surface area contributed by atoms with Gasteiger partial charge in [0.25, 0.3) is 0 Å². The molecule has 0 aliphatic heterocycles. The smallest absolute Gasteiger partial charge is 0.0605 e. The first-order valence-electron chi connectivity index (χ1n) is 19.8. The van der Waals surface area contributed by atoms with Gasteiger partial charge in [0.1, 0.15) is 0 Å². The van der Waals surface area contributed by atoms with Crippen molar-refractivity contribution in [2.75, 3.05) is 0 Å². The van der Waals surface area contributed by atoms with Crippen LogP contribution in [0.3, 0.4) is 0 Å². The van der Waals surface area contributed by atoms with Gasteiger partial charge in [0, 0.05) is 43.1 Å². The van der Waals surface area contributed by atoms with E-state index in [2.05, 4.69) is 211 Å². The quantitative estimate of drug-likeness (QED) is 0.146. The van der Waals surface area contributed by atoms with Crippen LogP contribution in [-0.2, 0) is 41.8 Å². The molecular weight excluding hydrogens is 845 g/mol. The first-order chi connectivity index (χ1) is 25.2. The molecule has 0 N–H and O–H groups in total. The van der Waals surface area contributed by atoms with Crippen molar-refractivity contribution in [3.63, 3.8) is 0 Å². The number of aryl methyl sites for hydroxylation is 2. The van der Waals surface area contributed by atoms with Gasteiger partial charge in [0.05, 0.1) is 5.82 Å². The minimum Gasteiger partial charge on any atom is -0.336 e. The van der Waals surface area contributed by atoms with Crippen LogP contribution < -0.4 is 0 Å². The minimum atomic E-state index is -0.0707. The fraction of sp³-hybridized carbons (Fsp3) is 0.365. The van der Waals surface area contributed by atoms with Crippen molar-refractivity contribution >= 4 is 0 Å². The zero-order valence-electron chi connectivity index (χ0n) is 35.7. The molecular formula is C52H61IrN2-. The molecule has 0 spiro atoms. The number of hydrogen-bond acceptors (Lipinski definition) is 1. The SMILES string of the molecule is CCC(C)(C)c1cnc(-c2[c-]ccc(-c3cc(-c4ccc(C(C)(C)C)cc4)cc(-c4ccc(C(C)(C)C)cc4)c3)c2)n1-c1c(C)cc(C(C)(C)C)cc1C.[Ir]. The third-order valence-electron chi connectivity index (χ3n) is 11.4. The third kappa shape index (κ3) is 8.85. The summed E-state index contributed by atoms with van der Waals surface area (Å²) in [6, 6.07) is 40.1. The molecule has 3 heteroatoms. The van der Waals surface area contributed by atoms with Gasteiger partial charge >= 0.3 is 0 Å². The van der Waals surface area contributed by atoms with Gasteiger partial charge in [-0.1, -0.05) is 144 Å². The number of nitrogens with zero attached hydrogens (tertiary/aromatic N) is 2. The Morgan fingerprint density at radius 3 is 1.38 bits per heavy atom. The molecule has 0 saturated heterocycles. The van der Waals surface area contributed by atoms with Gasteiger partial charge < -0.3 is 4.57 Å². The summed E-state index contributed by atoms with van der Waals surface area (Å²) in [5.41, 5.74) is 17.3. The van der Waals surface area contributed by atoms with Crippen LogP contribution in [0.15, 0.2) is 103 Å². The Morgan fingerprint density at radius 1 is 0.527 bits per heavy atom. The van der Waals surface area contributed by atoms with Crippen LogP contribution >= 0.6 is 0 Å². The Labute approximate surface area is 346 Å². The summed E-state index contributed by atoms with van der Waals surface area (Å²) >= 11 is 0. The van der Waals surface area contributed by atoms with E-state index in [9.17, 15) is 0 Å². The van der Waals surface area contributed by atoms with E-state index in [0.717, 1.165) is 23.4 Å². The Balaban J connectivity index is 0.00000580. The zero-order chi connectivity index (χ0) is 39.4. The van der Waals surface area contributed by atoms with Crippen molar-refractivity contribution in [1.82, 2.24) is 9.55 Å². The molecule has 0 amide bonds. The van der Waals surface area contributed by atoms with Gasteiger partial charge in [0.15, 0.2) is 0 Å². The summed E-state index contributed by atoms with van der Waals surface area (Å²) in [5.74, 6) is 0.926. The average molecular weight is 906 g/mol. The monoisotopic (exact) mass is 906 g/mol. The molecule has 0 aliphatic carbocycles. The molecule has 0 bridgehead atoms. The van der Waals surface area contributed by atoms with Crippen LogP contribution in [0.25, 0.3) is 50.5 Å². The molecule has 6 rings (SSSR count). The summed E-state index contributed by atoms with van der Waals surface area (Å²) in [7, 11) is 0. The van der Waals surface area contributed by atoms with Gasteiger partial charge in [0.2, 0.25) is 0 Å². The predicted molar refractivity (Wildman–Crippen MR) is 233 cm³/mol. The van der Waals surface area contributed by atoms with Gasteiger partial charge in [-0.25, -0.2) is 0 Å². The van der Waals surface area contributed by atoms with E-state index < -0.39 is 0 Å². The van der Waals surface area contributed by atoms with Crippen LogP contribution in [0.4, 0.5) is 0 Å². The second-order valence-electron chi connectivity index (χ2n) is 19.2. The maximum absolute atomic E-state index is 5.18. The molecule has 0 fully saturated rings. The minimum absolute atomic E-state index is 0. The molecule has 289 valence electrons. The van der Waals surface area contributed by atoms with Crippen LogP contribution in [0.2, 0.25) is 0 Å². The van der Waals surface area contributed by atoms with E-state index in [4.69, 9.17) is 4.98 Å². The van der Waals surface area contributed by atoms with E-state index in [1.54, 1.807) is 0 Å². The molecule has 0 saturated carbocycles. The molecule has 6 aromatic rings. The summed E-state index contributed by atoms with van der Waals surface area (Å²) in [6.45, 7) is 31.9. The fourth-order valence-corrected chi connectivity index (χ4v) is 7.40. The summed E-state index contributed by atoms with van der Waals surface area (Å²) < 4.78 is 2.42. The van der Waals surface area contributed by atoms with Crippen LogP contribution in [0.1, 0.15) is 123 Å². The van der Waals surface area contributed by atoms with Crippen LogP contribution in [0.5, 0.6) is 0 Å². The largest absolute Gasteiger partial charge is 0.336 e. The number of benzene rings is 5. The molecule has 0 unspecified atom stereocenters. The van der Waals surface area contributed by atoms with Crippen molar-refractivity contribution < 1.29 is 20.1 Å². The van der Waals surface area contributed by atoms with Crippen molar-refractivity contribution in [2.45, 2.75) is 125 Å². The molecule has 1 radical (unpaired) electrons. The van der Waals surface area contributed by atoms with Crippen molar-refractivity contribution in [2.24, 2.45) is 0 Å². The summed E-state index contributed by atoms with van der Waals surface area (Å²) in [6.07, 6.45) is 3.10. The first-order valence-corrected chi connectivity index (χ1v) is 19.8. The molecule has 5 aromatic carbocycles. The van der Waals surface area contributed by atoms with E-state index in [0.29, 0.717) is 0 Å². The summed E-state index contributed by atoms with van der Waals surface area (Å²) in [5, 5.41) is 0. The van der Waals surface area contributed by atoms with E-state index in [1.807, 2.05) is 0 Å². The predicted octanol–water partition coefficient (Wildman–Crippen LogP) is 14.5. The van der Waals surface area contributed by atoms with Gasteiger partial charge in [-0.2, -0.15) is 0 Å². The van der Waals surface area contributed by atoms with Crippen molar-refractivity contribution in [3.8, 4) is 50.5 Å². The number of hydrogen-bond donors (Lipinski definition) is 0. The molecule has 0 aliphatic rings. The molecule has 1 heterocycles. The van der Waals surface area contributed by atoms with Crippen LogP contribution in [-0.4, -0.2) is 9.55 Å². The van der Waals surface area contributed by atoms with E-state index >= 15 is 0 Å². The second kappa shape index (κ2) is 15.5. The van der Waals surface area contributed by atoms with Gasteiger partial charge in [-0.15, -0.1) is 35.4 Å². The molecule has 2 nitrogen and oxygen atoms in total. The zero-order valence-corrected chi connectivity index (χ0v) is 38.1. The first kappa shape index (κ1) is 42.1. The maximum atomic E-state index is 5.18. The maximum Gasteiger partial charge on any atom is 0.0605 e. The Morgan fingerprint density at radius 2 is 0.964 bits per heavy atom. The van der Waals surface area contributed by atoms with Crippen molar-refractivity contribution in [3.05, 3.63) is 143 Å². The van der Waals surface area contributed by atoms with E-state index in [-0.39, 0.29) is 41.8 Å². The van der Waals surface area contributed by atoms with Crippen molar-refractivity contribution in [1.29, 1.82) is 0 Å². The summed E-state index contributed by atoms with van der Waals surface area (Å²) in [4.78, 5) is 5.18. The topological polar surface area (TPSA) is 17.8 Å². The Kier molecular flexibility index (Phi) is 11.9. The van der Waals surface area contributed by atoms with Gasteiger partial charge in [-0.05, 0) is 110 Å². The average Bonchev–Trinajstić information content (AvgIpc) is 3.56.